The third-order valence-electron chi connectivity index (χ3n) is 5.06. The Morgan fingerprint density at radius 3 is 2.75 bits per heavy atom. The first-order chi connectivity index (χ1) is 13.6. The van der Waals surface area contributed by atoms with Crippen molar-refractivity contribution in [1.82, 2.24) is 20.0 Å². The SMILES string of the molecule is Cc1ccc(-c2nnc(CCC(=O)N3CCN(C)C[C@@H]3c3ccccc3)o2)s1. The number of aryl methyl sites for hydroxylation is 2. The minimum absolute atomic E-state index is 0.0831. The molecule has 1 amide bonds. The first-order valence-corrected chi connectivity index (χ1v) is 10.3. The first-order valence-electron chi connectivity index (χ1n) is 9.52. The zero-order valence-electron chi connectivity index (χ0n) is 16.2. The standard InChI is InChI=1S/C21H24N4O2S/c1-15-8-9-18(28-15)21-23-22-19(27-21)10-11-20(26)25-13-12-24(2)14-17(25)16-6-4-3-5-7-16/h3-9,17H,10-14H2,1-2H3/t17-/m1/s1. The van der Waals surface area contributed by atoms with E-state index in [1.165, 1.54) is 10.4 Å². The lowest BCUT2D eigenvalue weighted by atomic mass is 10.0. The quantitative estimate of drug-likeness (QED) is 0.660. The molecule has 1 fully saturated rings. The summed E-state index contributed by atoms with van der Waals surface area (Å²) < 4.78 is 5.76. The molecule has 0 unspecified atom stereocenters. The van der Waals surface area contributed by atoms with Gasteiger partial charge in [0.2, 0.25) is 11.8 Å². The van der Waals surface area contributed by atoms with Gasteiger partial charge in [-0.05, 0) is 31.7 Å². The van der Waals surface area contributed by atoms with Crippen LogP contribution in [-0.4, -0.2) is 52.6 Å². The van der Waals surface area contributed by atoms with E-state index in [1.54, 1.807) is 11.3 Å². The number of likely N-dealkylation sites (N-methyl/N-ethyl adjacent to an activating group) is 1. The minimum atomic E-state index is 0.0831. The number of piperazine rings is 1. The molecule has 0 spiro atoms. The predicted octanol–water partition coefficient (Wildman–Crippen LogP) is 3.55. The second-order valence-corrected chi connectivity index (χ2v) is 8.48. The molecule has 1 aliphatic rings. The number of thiophene rings is 1. The van der Waals surface area contributed by atoms with Crippen molar-refractivity contribution in [1.29, 1.82) is 0 Å². The van der Waals surface area contributed by atoms with Crippen LogP contribution in [0.3, 0.4) is 0 Å². The van der Waals surface area contributed by atoms with Gasteiger partial charge in [-0.25, -0.2) is 0 Å². The second kappa shape index (κ2) is 8.24. The third kappa shape index (κ3) is 4.15. The second-order valence-electron chi connectivity index (χ2n) is 7.19. The van der Waals surface area contributed by atoms with Crippen LogP contribution in [0.15, 0.2) is 46.9 Å². The Bertz CT molecular complexity index is 937. The van der Waals surface area contributed by atoms with E-state index >= 15 is 0 Å². The smallest absolute Gasteiger partial charge is 0.257 e. The highest BCUT2D eigenvalue weighted by molar-refractivity contribution is 7.15. The summed E-state index contributed by atoms with van der Waals surface area (Å²) in [5.74, 6) is 1.18. The molecular weight excluding hydrogens is 372 g/mol. The fourth-order valence-corrected chi connectivity index (χ4v) is 4.33. The van der Waals surface area contributed by atoms with Gasteiger partial charge in [0.1, 0.15) is 0 Å². The predicted molar refractivity (Wildman–Crippen MR) is 109 cm³/mol. The number of nitrogens with zero attached hydrogens (tertiary/aromatic N) is 4. The Hall–Kier alpha value is -2.51. The van der Waals surface area contributed by atoms with Crippen molar-refractivity contribution in [3.05, 3.63) is 58.8 Å². The molecule has 0 bridgehead atoms. The van der Waals surface area contributed by atoms with Gasteiger partial charge in [-0.2, -0.15) is 0 Å². The largest absolute Gasteiger partial charge is 0.420 e. The molecule has 6 nitrogen and oxygen atoms in total. The van der Waals surface area contributed by atoms with Gasteiger partial charge in [-0.3, -0.25) is 4.79 Å². The lowest BCUT2D eigenvalue weighted by Crippen LogP contribution is -2.49. The molecule has 0 N–H and O–H groups in total. The number of amides is 1. The molecule has 0 aliphatic carbocycles. The monoisotopic (exact) mass is 396 g/mol. The Balaban J connectivity index is 1.42. The maximum atomic E-state index is 13.0. The van der Waals surface area contributed by atoms with Gasteiger partial charge >= 0.3 is 0 Å². The van der Waals surface area contributed by atoms with E-state index in [-0.39, 0.29) is 11.9 Å². The van der Waals surface area contributed by atoms with Crippen molar-refractivity contribution in [3.8, 4) is 10.8 Å². The van der Waals surface area contributed by atoms with Crippen LogP contribution < -0.4 is 0 Å². The van der Waals surface area contributed by atoms with Gasteiger partial charge in [-0.1, -0.05) is 30.3 Å². The highest BCUT2D eigenvalue weighted by Gasteiger charge is 2.30. The van der Waals surface area contributed by atoms with Gasteiger partial charge in [-0.15, -0.1) is 21.5 Å². The fraction of sp³-hybridized carbons (Fsp3) is 0.381. The van der Waals surface area contributed by atoms with Crippen molar-refractivity contribution in [2.75, 3.05) is 26.7 Å². The Labute approximate surface area is 168 Å². The lowest BCUT2D eigenvalue weighted by Gasteiger charge is -2.40. The molecule has 3 heterocycles. The maximum Gasteiger partial charge on any atom is 0.257 e. The highest BCUT2D eigenvalue weighted by Crippen LogP contribution is 2.28. The average Bonchev–Trinajstić information content (AvgIpc) is 3.35. The average molecular weight is 397 g/mol. The number of aromatic nitrogens is 2. The molecule has 3 aromatic rings. The molecule has 1 aliphatic heterocycles. The van der Waals surface area contributed by atoms with Gasteiger partial charge in [0, 0.05) is 37.4 Å². The van der Waals surface area contributed by atoms with Crippen LogP contribution in [0, 0.1) is 6.92 Å². The summed E-state index contributed by atoms with van der Waals surface area (Å²) in [6.07, 6.45) is 0.836. The Morgan fingerprint density at radius 2 is 2.00 bits per heavy atom. The van der Waals surface area contributed by atoms with E-state index in [2.05, 4.69) is 34.3 Å². The summed E-state index contributed by atoms with van der Waals surface area (Å²) in [6, 6.07) is 14.3. The molecule has 4 rings (SSSR count). The van der Waals surface area contributed by atoms with Gasteiger partial charge in [0.25, 0.3) is 5.89 Å². The van der Waals surface area contributed by atoms with Crippen LogP contribution in [0.1, 0.15) is 28.8 Å². The molecule has 0 radical (unpaired) electrons. The molecule has 7 heteroatoms. The van der Waals surface area contributed by atoms with Crippen molar-refractivity contribution < 1.29 is 9.21 Å². The van der Waals surface area contributed by atoms with Crippen molar-refractivity contribution in [3.63, 3.8) is 0 Å². The van der Waals surface area contributed by atoms with E-state index < -0.39 is 0 Å². The van der Waals surface area contributed by atoms with E-state index in [4.69, 9.17) is 4.42 Å². The van der Waals surface area contributed by atoms with E-state index in [0.717, 1.165) is 24.5 Å². The third-order valence-corrected chi connectivity index (χ3v) is 6.05. The normalized spacial score (nSPS) is 17.8. The van der Waals surface area contributed by atoms with Gasteiger partial charge in [0.05, 0.1) is 10.9 Å². The van der Waals surface area contributed by atoms with Crippen LogP contribution in [0.2, 0.25) is 0 Å². The number of hydrogen-bond acceptors (Lipinski definition) is 6. The van der Waals surface area contributed by atoms with E-state index in [0.29, 0.717) is 24.6 Å². The van der Waals surface area contributed by atoms with Crippen LogP contribution in [-0.2, 0) is 11.2 Å². The van der Waals surface area contributed by atoms with Crippen molar-refractivity contribution in [2.45, 2.75) is 25.8 Å². The molecule has 1 saturated heterocycles. The number of rotatable bonds is 5. The summed E-state index contributed by atoms with van der Waals surface area (Å²) in [5.41, 5.74) is 1.18. The molecule has 146 valence electrons. The zero-order valence-corrected chi connectivity index (χ0v) is 17.0. The van der Waals surface area contributed by atoms with Crippen LogP contribution in [0.4, 0.5) is 0 Å². The number of hydrogen-bond donors (Lipinski definition) is 0. The molecule has 1 aromatic carbocycles. The Morgan fingerprint density at radius 1 is 1.18 bits per heavy atom. The summed E-state index contributed by atoms with van der Waals surface area (Å²) in [6.45, 7) is 4.51. The summed E-state index contributed by atoms with van der Waals surface area (Å²) >= 11 is 1.62. The number of carbonyl (C=O) groups excluding carboxylic acids is 1. The number of carbonyl (C=O) groups is 1. The molecule has 28 heavy (non-hydrogen) atoms. The number of benzene rings is 1. The van der Waals surface area contributed by atoms with Gasteiger partial charge < -0.3 is 14.2 Å². The van der Waals surface area contributed by atoms with Crippen molar-refractivity contribution in [2.24, 2.45) is 0 Å². The molecule has 2 aromatic heterocycles. The summed E-state index contributed by atoms with van der Waals surface area (Å²) in [4.78, 5) is 19.4. The molecular formula is C21H24N4O2S. The van der Waals surface area contributed by atoms with Crippen LogP contribution >= 0.6 is 11.3 Å². The molecule has 0 saturated carbocycles. The zero-order chi connectivity index (χ0) is 19.5. The van der Waals surface area contributed by atoms with Crippen molar-refractivity contribution >= 4 is 17.2 Å². The lowest BCUT2D eigenvalue weighted by molar-refractivity contribution is -0.136. The first kappa shape index (κ1) is 18.8. The highest BCUT2D eigenvalue weighted by atomic mass is 32.1. The van der Waals surface area contributed by atoms with Crippen LogP contribution in [0.5, 0.6) is 0 Å². The summed E-state index contributed by atoms with van der Waals surface area (Å²) in [5, 5.41) is 8.24. The molecule has 1 atom stereocenters. The van der Waals surface area contributed by atoms with E-state index in [9.17, 15) is 4.79 Å². The fourth-order valence-electron chi connectivity index (χ4n) is 3.54. The topological polar surface area (TPSA) is 62.5 Å². The van der Waals surface area contributed by atoms with Gasteiger partial charge in [0.15, 0.2) is 0 Å². The van der Waals surface area contributed by atoms with E-state index in [1.807, 2.05) is 42.2 Å². The maximum absolute atomic E-state index is 13.0. The summed E-state index contributed by atoms with van der Waals surface area (Å²) in [7, 11) is 2.10. The van der Waals surface area contributed by atoms with Crippen LogP contribution in [0.25, 0.3) is 10.8 Å². The Kier molecular flexibility index (Phi) is 5.54. The minimum Gasteiger partial charge on any atom is -0.420 e.